The van der Waals surface area contributed by atoms with Crippen molar-refractivity contribution >= 4 is 11.6 Å². The Balaban J connectivity index is 2.13. The average molecular weight is 234 g/mol. The van der Waals surface area contributed by atoms with Crippen molar-refractivity contribution in [2.75, 3.05) is 25.5 Å². The number of aryl methyl sites for hydroxylation is 1. The van der Waals surface area contributed by atoms with Crippen LogP contribution in [0.15, 0.2) is 18.2 Å². The van der Waals surface area contributed by atoms with E-state index in [2.05, 4.69) is 5.32 Å². The van der Waals surface area contributed by atoms with Gasteiger partial charge in [-0.2, -0.15) is 0 Å². The predicted molar refractivity (Wildman–Crippen MR) is 67.3 cm³/mol. The van der Waals surface area contributed by atoms with Crippen LogP contribution in [0.3, 0.4) is 0 Å². The first-order valence-electron chi connectivity index (χ1n) is 5.73. The molecule has 4 heteroatoms. The average Bonchev–Trinajstić information content (AvgIpc) is 2.24. The van der Waals surface area contributed by atoms with Gasteiger partial charge in [-0.15, -0.1) is 0 Å². The van der Waals surface area contributed by atoms with E-state index in [1.807, 2.05) is 32.2 Å². The van der Waals surface area contributed by atoms with Crippen molar-refractivity contribution < 1.29 is 9.90 Å². The molecule has 0 bridgehead atoms. The maximum atomic E-state index is 12.1. The molecule has 1 fully saturated rings. The number of amides is 1. The number of anilines is 1. The lowest BCUT2D eigenvalue weighted by molar-refractivity contribution is -0.0668. The van der Waals surface area contributed by atoms with Gasteiger partial charge in [-0.05, 0) is 37.6 Å². The second-order valence-electron chi connectivity index (χ2n) is 4.94. The van der Waals surface area contributed by atoms with Crippen molar-refractivity contribution in [3.63, 3.8) is 0 Å². The fraction of sp³-hybridized carbons (Fsp3) is 0.462. The van der Waals surface area contributed by atoms with Crippen LogP contribution in [-0.2, 0) is 0 Å². The summed E-state index contributed by atoms with van der Waals surface area (Å²) in [4.78, 5) is 13.7. The summed E-state index contributed by atoms with van der Waals surface area (Å²) in [5.74, 6) is -0.0118. The zero-order valence-electron chi connectivity index (χ0n) is 10.4. The molecule has 1 aromatic rings. The van der Waals surface area contributed by atoms with E-state index in [0.29, 0.717) is 18.7 Å². The van der Waals surface area contributed by atoms with Crippen molar-refractivity contribution in [2.45, 2.75) is 19.4 Å². The van der Waals surface area contributed by atoms with Crippen molar-refractivity contribution in [1.29, 1.82) is 0 Å². The SMILES string of the molecule is CNc1ccc(C(=O)N2CC(C)(O)C2)cc1C. The molecule has 1 saturated heterocycles. The normalized spacial score (nSPS) is 17.5. The Bertz CT molecular complexity index is 447. The Morgan fingerprint density at radius 3 is 2.59 bits per heavy atom. The van der Waals surface area contributed by atoms with Crippen LogP contribution >= 0.6 is 0 Å². The number of nitrogens with zero attached hydrogens (tertiary/aromatic N) is 1. The van der Waals surface area contributed by atoms with E-state index in [4.69, 9.17) is 0 Å². The minimum Gasteiger partial charge on any atom is -0.388 e. The van der Waals surface area contributed by atoms with Gasteiger partial charge in [0.25, 0.3) is 5.91 Å². The summed E-state index contributed by atoms with van der Waals surface area (Å²) >= 11 is 0. The summed E-state index contributed by atoms with van der Waals surface area (Å²) in [5.41, 5.74) is 2.04. The highest BCUT2D eigenvalue weighted by molar-refractivity contribution is 5.95. The van der Waals surface area contributed by atoms with E-state index in [0.717, 1.165) is 11.3 Å². The van der Waals surface area contributed by atoms with Crippen LogP contribution < -0.4 is 5.32 Å². The van der Waals surface area contributed by atoms with Gasteiger partial charge in [-0.3, -0.25) is 4.79 Å². The molecule has 1 amide bonds. The number of carbonyl (C=O) groups is 1. The highest BCUT2D eigenvalue weighted by atomic mass is 16.3. The number of aliphatic hydroxyl groups is 1. The Hall–Kier alpha value is -1.55. The number of likely N-dealkylation sites (tertiary alicyclic amines) is 1. The molecule has 17 heavy (non-hydrogen) atoms. The molecular formula is C13H18N2O2. The highest BCUT2D eigenvalue weighted by Crippen LogP contribution is 2.23. The van der Waals surface area contributed by atoms with Crippen molar-refractivity contribution in [3.8, 4) is 0 Å². The third kappa shape index (κ3) is 2.26. The van der Waals surface area contributed by atoms with Gasteiger partial charge in [0.1, 0.15) is 0 Å². The van der Waals surface area contributed by atoms with E-state index in [1.54, 1.807) is 11.8 Å². The van der Waals surface area contributed by atoms with E-state index >= 15 is 0 Å². The number of β-amino-alcohol motifs (C(OH)–C–C–N with tert-alkyl or cyclic N) is 1. The Morgan fingerprint density at radius 1 is 1.47 bits per heavy atom. The number of hydrogen-bond donors (Lipinski definition) is 2. The molecule has 0 spiro atoms. The minimum absolute atomic E-state index is 0.0118. The van der Waals surface area contributed by atoms with Crippen LogP contribution in [0, 0.1) is 6.92 Å². The van der Waals surface area contributed by atoms with E-state index in [9.17, 15) is 9.90 Å². The summed E-state index contributed by atoms with van der Waals surface area (Å²) in [6, 6.07) is 5.59. The Morgan fingerprint density at radius 2 is 2.12 bits per heavy atom. The third-order valence-corrected chi connectivity index (χ3v) is 3.09. The third-order valence-electron chi connectivity index (χ3n) is 3.09. The number of hydrogen-bond acceptors (Lipinski definition) is 3. The lowest BCUT2D eigenvalue weighted by atomic mass is 9.95. The highest BCUT2D eigenvalue weighted by Gasteiger charge is 2.39. The van der Waals surface area contributed by atoms with Crippen LogP contribution in [0.5, 0.6) is 0 Å². The first kappa shape index (κ1) is 11.9. The molecule has 1 aliphatic heterocycles. The Kier molecular flexibility index (Phi) is 2.83. The largest absolute Gasteiger partial charge is 0.388 e. The number of nitrogens with one attached hydrogen (secondary N) is 1. The molecule has 0 aliphatic carbocycles. The molecule has 1 aromatic carbocycles. The molecule has 0 unspecified atom stereocenters. The van der Waals surface area contributed by atoms with Gasteiger partial charge in [0, 0.05) is 18.3 Å². The summed E-state index contributed by atoms with van der Waals surface area (Å²) < 4.78 is 0. The monoisotopic (exact) mass is 234 g/mol. The molecule has 92 valence electrons. The minimum atomic E-state index is -0.713. The molecule has 1 heterocycles. The number of rotatable bonds is 2. The fourth-order valence-corrected chi connectivity index (χ4v) is 2.18. The van der Waals surface area contributed by atoms with Crippen LogP contribution in [0.2, 0.25) is 0 Å². The van der Waals surface area contributed by atoms with Crippen molar-refractivity contribution in [1.82, 2.24) is 4.90 Å². The van der Waals surface area contributed by atoms with E-state index in [1.165, 1.54) is 0 Å². The van der Waals surface area contributed by atoms with Gasteiger partial charge < -0.3 is 15.3 Å². The smallest absolute Gasteiger partial charge is 0.254 e. The summed E-state index contributed by atoms with van der Waals surface area (Å²) in [6.07, 6.45) is 0. The molecule has 0 saturated carbocycles. The van der Waals surface area contributed by atoms with Gasteiger partial charge in [0.2, 0.25) is 0 Å². The molecule has 2 N–H and O–H groups in total. The first-order chi connectivity index (χ1) is 7.93. The fourth-order valence-electron chi connectivity index (χ4n) is 2.18. The second kappa shape index (κ2) is 4.04. The van der Waals surface area contributed by atoms with Gasteiger partial charge >= 0.3 is 0 Å². The summed E-state index contributed by atoms with van der Waals surface area (Å²) in [5, 5.41) is 12.7. The molecule has 0 aromatic heterocycles. The summed E-state index contributed by atoms with van der Waals surface area (Å²) in [7, 11) is 1.86. The van der Waals surface area contributed by atoms with Gasteiger partial charge in [0.15, 0.2) is 0 Å². The molecule has 0 radical (unpaired) electrons. The summed E-state index contributed by atoms with van der Waals surface area (Å²) in [6.45, 7) is 4.54. The molecule has 1 aliphatic rings. The number of carbonyl (C=O) groups excluding carboxylic acids is 1. The van der Waals surface area contributed by atoms with Crippen LogP contribution in [0.25, 0.3) is 0 Å². The van der Waals surface area contributed by atoms with Crippen molar-refractivity contribution in [2.24, 2.45) is 0 Å². The zero-order chi connectivity index (χ0) is 12.6. The quantitative estimate of drug-likeness (QED) is 0.809. The van der Waals surface area contributed by atoms with Crippen molar-refractivity contribution in [3.05, 3.63) is 29.3 Å². The van der Waals surface area contributed by atoms with Gasteiger partial charge in [-0.1, -0.05) is 0 Å². The lowest BCUT2D eigenvalue weighted by Gasteiger charge is -2.44. The van der Waals surface area contributed by atoms with E-state index in [-0.39, 0.29) is 5.91 Å². The standard InChI is InChI=1S/C13H18N2O2/c1-9-6-10(4-5-11(9)14-3)12(16)15-7-13(2,17)8-15/h4-6,14,17H,7-8H2,1-3H3. The lowest BCUT2D eigenvalue weighted by Crippen LogP contribution is -2.61. The number of benzene rings is 1. The van der Waals surface area contributed by atoms with Crippen LogP contribution in [-0.4, -0.2) is 41.7 Å². The van der Waals surface area contributed by atoms with Crippen LogP contribution in [0.1, 0.15) is 22.8 Å². The molecular weight excluding hydrogens is 216 g/mol. The second-order valence-corrected chi connectivity index (χ2v) is 4.94. The topological polar surface area (TPSA) is 52.6 Å². The zero-order valence-corrected chi connectivity index (χ0v) is 10.4. The maximum absolute atomic E-state index is 12.1. The van der Waals surface area contributed by atoms with Gasteiger partial charge in [0.05, 0.1) is 18.7 Å². The van der Waals surface area contributed by atoms with Crippen LogP contribution in [0.4, 0.5) is 5.69 Å². The van der Waals surface area contributed by atoms with E-state index < -0.39 is 5.60 Å². The maximum Gasteiger partial charge on any atom is 0.254 e. The predicted octanol–water partition coefficient (Wildman–Crippen LogP) is 1.24. The molecule has 2 rings (SSSR count). The molecule has 4 nitrogen and oxygen atoms in total. The molecule has 0 atom stereocenters. The Labute approximate surface area is 101 Å². The first-order valence-corrected chi connectivity index (χ1v) is 5.73. The van der Waals surface area contributed by atoms with Gasteiger partial charge in [-0.25, -0.2) is 0 Å².